The highest BCUT2D eigenvalue weighted by Crippen LogP contribution is 2.42. The highest BCUT2D eigenvalue weighted by molar-refractivity contribution is 7.25. The van der Waals surface area contributed by atoms with E-state index < -0.39 is 0 Å². The maximum atomic E-state index is 5.35. The highest BCUT2D eigenvalue weighted by atomic mass is 32.1. The van der Waals surface area contributed by atoms with E-state index in [9.17, 15) is 0 Å². The van der Waals surface area contributed by atoms with E-state index in [0.29, 0.717) is 17.5 Å². The average Bonchev–Trinajstić information content (AvgIpc) is 3.56. The summed E-state index contributed by atoms with van der Waals surface area (Å²) < 4.78 is 2.47. The summed E-state index contributed by atoms with van der Waals surface area (Å²) in [5.41, 5.74) is 5.21. The second kappa shape index (κ2) is 11.2. The molecule has 10 rings (SSSR count). The van der Waals surface area contributed by atoms with Crippen LogP contribution in [0.15, 0.2) is 164 Å². The molecule has 0 aliphatic heterocycles. The largest absolute Gasteiger partial charge is 0.208 e. The lowest BCUT2D eigenvalue weighted by Crippen LogP contribution is -2.02. The van der Waals surface area contributed by atoms with Crippen LogP contribution in [0.2, 0.25) is 0 Å². The smallest absolute Gasteiger partial charge is 0.164 e. The maximum Gasteiger partial charge on any atom is 0.164 e. The van der Waals surface area contributed by atoms with Crippen molar-refractivity contribution in [2.24, 2.45) is 0 Å². The van der Waals surface area contributed by atoms with E-state index in [-0.39, 0.29) is 0 Å². The van der Waals surface area contributed by atoms with Crippen molar-refractivity contribution < 1.29 is 0 Å². The van der Waals surface area contributed by atoms with Crippen molar-refractivity contribution in [3.05, 3.63) is 164 Å². The fourth-order valence-electron chi connectivity index (χ4n) is 7.23. The van der Waals surface area contributed by atoms with Crippen LogP contribution in [0.25, 0.3) is 97.8 Å². The zero-order valence-corrected chi connectivity index (χ0v) is 27.2. The molecule has 8 aromatic carbocycles. The molecule has 0 aliphatic carbocycles. The Labute approximate surface area is 286 Å². The normalized spacial score (nSPS) is 11.7. The number of nitrogens with zero attached hydrogens (tertiary/aromatic N) is 3. The van der Waals surface area contributed by atoms with Crippen molar-refractivity contribution in [2.75, 3.05) is 0 Å². The maximum absolute atomic E-state index is 5.35. The Kier molecular flexibility index (Phi) is 6.36. The Morgan fingerprint density at radius 3 is 1.73 bits per heavy atom. The number of hydrogen-bond donors (Lipinski definition) is 0. The summed E-state index contributed by atoms with van der Waals surface area (Å²) in [7, 11) is 0. The second-order valence-corrected chi connectivity index (χ2v) is 13.5. The van der Waals surface area contributed by atoms with Crippen molar-refractivity contribution in [3.8, 4) is 45.3 Å². The Hall–Kier alpha value is -6.23. The summed E-state index contributed by atoms with van der Waals surface area (Å²) in [4.78, 5) is 15.9. The molecule has 0 spiro atoms. The molecule has 0 N–H and O–H groups in total. The van der Waals surface area contributed by atoms with Gasteiger partial charge in [0.15, 0.2) is 17.5 Å². The molecule has 2 heterocycles. The molecule has 228 valence electrons. The molecule has 0 unspecified atom stereocenters. The van der Waals surface area contributed by atoms with Crippen molar-refractivity contribution in [1.82, 2.24) is 15.0 Å². The van der Waals surface area contributed by atoms with Gasteiger partial charge in [0.2, 0.25) is 0 Å². The molecule has 0 radical (unpaired) electrons. The van der Waals surface area contributed by atoms with Gasteiger partial charge in [0, 0.05) is 42.4 Å². The summed E-state index contributed by atoms with van der Waals surface area (Å²) >= 11 is 1.80. The van der Waals surface area contributed by atoms with Crippen LogP contribution >= 0.6 is 11.3 Å². The number of thiophene rings is 1. The van der Waals surface area contributed by atoms with E-state index in [1.165, 1.54) is 36.3 Å². The molecule has 10 aromatic rings. The monoisotopic (exact) mass is 641 g/mol. The van der Waals surface area contributed by atoms with Gasteiger partial charge in [-0.2, -0.15) is 0 Å². The van der Waals surface area contributed by atoms with Crippen LogP contribution in [-0.2, 0) is 0 Å². The minimum Gasteiger partial charge on any atom is -0.208 e. The predicted octanol–water partition coefficient (Wildman–Crippen LogP) is 12.4. The molecule has 3 nitrogen and oxygen atoms in total. The molecule has 0 atom stereocenters. The first-order valence-corrected chi connectivity index (χ1v) is 17.3. The number of aromatic nitrogens is 3. The van der Waals surface area contributed by atoms with E-state index in [1.54, 1.807) is 11.3 Å². The van der Waals surface area contributed by atoms with Gasteiger partial charge in [-0.25, -0.2) is 15.0 Å². The highest BCUT2D eigenvalue weighted by Gasteiger charge is 2.21. The van der Waals surface area contributed by atoms with Gasteiger partial charge in [-0.15, -0.1) is 11.3 Å². The van der Waals surface area contributed by atoms with Crippen molar-refractivity contribution in [3.63, 3.8) is 0 Å². The summed E-state index contributed by atoms with van der Waals surface area (Å²) in [5, 5.41) is 9.40. The summed E-state index contributed by atoms with van der Waals surface area (Å²) in [6.45, 7) is 0. The molecule has 49 heavy (non-hydrogen) atoms. The SMILES string of the molecule is c1ccc2cc(-c3c(-c4nc(-c5cccc6ccccc56)nc(-c5cccc6sc7ccccc7c56)n4)ccc4ccccc34)ccc2c1. The fraction of sp³-hybridized carbons (Fsp3) is 0. The first kappa shape index (κ1) is 27.8. The molecule has 4 heteroatoms. The third kappa shape index (κ3) is 4.61. The van der Waals surface area contributed by atoms with Crippen LogP contribution in [0, 0.1) is 0 Å². The van der Waals surface area contributed by atoms with Crippen molar-refractivity contribution >= 4 is 63.8 Å². The zero-order valence-electron chi connectivity index (χ0n) is 26.3. The number of rotatable bonds is 4. The van der Waals surface area contributed by atoms with Crippen LogP contribution in [0.3, 0.4) is 0 Å². The predicted molar refractivity (Wildman–Crippen MR) is 207 cm³/mol. The molecule has 0 amide bonds. The third-order valence-electron chi connectivity index (χ3n) is 9.52. The van der Waals surface area contributed by atoms with Crippen LogP contribution in [0.5, 0.6) is 0 Å². The van der Waals surface area contributed by atoms with Crippen LogP contribution in [0.1, 0.15) is 0 Å². The minimum absolute atomic E-state index is 0.651. The van der Waals surface area contributed by atoms with E-state index in [0.717, 1.165) is 44.0 Å². The topological polar surface area (TPSA) is 38.7 Å². The number of hydrogen-bond acceptors (Lipinski definition) is 4. The van der Waals surface area contributed by atoms with E-state index in [4.69, 9.17) is 15.0 Å². The van der Waals surface area contributed by atoms with Crippen LogP contribution in [-0.4, -0.2) is 15.0 Å². The lowest BCUT2D eigenvalue weighted by molar-refractivity contribution is 1.08. The average molecular weight is 642 g/mol. The lowest BCUT2D eigenvalue weighted by atomic mass is 9.91. The molecule has 2 aromatic heterocycles. The van der Waals surface area contributed by atoms with Gasteiger partial charge in [0.05, 0.1) is 0 Å². The molecular formula is C45H27N3S. The van der Waals surface area contributed by atoms with Gasteiger partial charge in [0.1, 0.15) is 0 Å². The summed E-state index contributed by atoms with van der Waals surface area (Å²) in [5.74, 6) is 1.98. The quantitative estimate of drug-likeness (QED) is 0.192. The van der Waals surface area contributed by atoms with Crippen molar-refractivity contribution in [1.29, 1.82) is 0 Å². The Morgan fingerprint density at radius 1 is 0.347 bits per heavy atom. The van der Waals surface area contributed by atoms with E-state index in [1.807, 2.05) is 0 Å². The van der Waals surface area contributed by atoms with E-state index in [2.05, 4.69) is 164 Å². The second-order valence-electron chi connectivity index (χ2n) is 12.4. The standard InChI is InChI=1S/C45H27N3S/c1-2-14-31-27-32(24-23-28(31)11-1)41-34-17-6-4-13-30(34)25-26-38(41)45-47-43(35-19-9-15-29-12-3-5-16-33(29)35)46-44(48-45)37-20-10-22-40-42(37)36-18-7-8-21-39(36)49-40/h1-27H. The van der Waals surface area contributed by atoms with Gasteiger partial charge in [0.25, 0.3) is 0 Å². The minimum atomic E-state index is 0.651. The van der Waals surface area contributed by atoms with Crippen LogP contribution in [0.4, 0.5) is 0 Å². The third-order valence-corrected chi connectivity index (χ3v) is 10.7. The molecule has 0 bridgehead atoms. The summed E-state index contributed by atoms with van der Waals surface area (Å²) in [6, 6.07) is 58.0. The van der Waals surface area contributed by atoms with Gasteiger partial charge in [-0.05, 0) is 62.1 Å². The van der Waals surface area contributed by atoms with Crippen molar-refractivity contribution in [2.45, 2.75) is 0 Å². The van der Waals surface area contributed by atoms with Gasteiger partial charge < -0.3 is 0 Å². The molecule has 0 fully saturated rings. The zero-order chi connectivity index (χ0) is 32.3. The van der Waals surface area contributed by atoms with Crippen LogP contribution < -0.4 is 0 Å². The molecule has 0 aliphatic rings. The molecule has 0 saturated heterocycles. The van der Waals surface area contributed by atoms with Gasteiger partial charge in [-0.3, -0.25) is 0 Å². The molecular weight excluding hydrogens is 615 g/mol. The van der Waals surface area contributed by atoms with E-state index >= 15 is 0 Å². The lowest BCUT2D eigenvalue weighted by Gasteiger charge is -2.16. The fourth-order valence-corrected chi connectivity index (χ4v) is 8.36. The first-order valence-electron chi connectivity index (χ1n) is 16.4. The number of benzene rings is 8. The Bertz CT molecular complexity index is 2900. The summed E-state index contributed by atoms with van der Waals surface area (Å²) in [6.07, 6.45) is 0. The molecule has 0 saturated carbocycles. The van der Waals surface area contributed by atoms with Gasteiger partial charge in [-0.1, -0.05) is 140 Å². The first-order chi connectivity index (χ1) is 24.3. The Morgan fingerprint density at radius 2 is 0.898 bits per heavy atom. The Balaban J connectivity index is 1.30. The van der Waals surface area contributed by atoms with Gasteiger partial charge >= 0.3 is 0 Å². The number of fused-ring (bicyclic) bond motifs is 6.